The Morgan fingerprint density at radius 2 is 2.27 bits per heavy atom. The Morgan fingerprint density at radius 1 is 1.47 bits per heavy atom. The predicted molar refractivity (Wildman–Crippen MR) is 58.6 cm³/mol. The molecule has 1 aromatic heterocycles. The van der Waals surface area contributed by atoms with Crippen LogP contribution >= 0.6 is 27.5 Å². The molecule has 0 saturated heterocycles. The van der Waals surface area contributed by atoms with Crippen LogP contribution in [-0.4, -0.2) is 15.0 Å². The highest BCUT2D eigenvalue weighted by Gasteiger charge is 2.06. The molecule has 2 rings (SSSR count). The van der Waals surface area contributed by atoms with Crippen LogP contribution in [0.5, 0.6) is 0 Å². The maximum Gasteiger partial charge on any atom is 0.125 e. The van der Waals surface area contributed by atoms with Gasteiger partial charge in [-0.3, -0.25) is 0 Å². The van der Waals surface area contributed by atoms with Crippen molar-refractivity contribution >= 4 is 27.5 Å². The molecule has 0 fully saturated rings. The summed E-state index contributed by atoms with van der Waals surface area (Å²) >= 11 is 8.91. The standard InChI is InChI=1S/C9H6BrClFN3/c10-8-2-1-6(12)3-9(8)15-5-7(4-11)13-14-15/h1-3,5H,4H2. The molecule has 0 atom stereocenters. The molecular weight excluding hydrogens is 284 g/mol. The second-order valence-corrected chi connectivity index (χ2v) is 4.01. The lowest BCUT2D eigenvalue weighted by Crippen LogP contribution is -1.96. The van der Waals surface area contributed by atoms with Crippen LogP contribution in [-0.2, 0) is 5.88 Å². The quantitative estimate of drug-likeness (QED) is 0.796. The first kappa shape index (κ1) is 10.6. The van der Waals surface area contributed by atoms with Gasteiger partial charge in [0.15, 0.2) is 0 Å². The van der Waals surface area contributed by atoms with E-state index in [1.165, 1.54) is 16.8 Å². The number of aromatic nitrogens is 3. The van der Waals surface area contributed by atoms with E-state index in [-0.39, 0.29) is 11.7 Å². The summed E-state index contributed by atoms with van der Waals surface area (Å²) in [6, 6.07) is 4.36. The van der Waals surface area contributed by atoms with E-state index in [0.717, 1.165) is 4.47 Å². The first-order valence-electron chi connectivity index (χ1n) is 4.13. The van der Waals surface area contributed by atoms with Crippen LogP contribution in [0.1, 0.15) is 5.69 Å². The van der Waals surface area contributed by atoms with E-state index in [0.29, 0.717) is 11.4 Å². The van der Waals surface area contributed by atoms with Crippen molar-refractivity contribution in [2.45, 2.75) is 5.88 Å². The highest BCUT2D eigenvalue weighted by atomic mass is 79.9. The average Bonchev–Trinajstić information content (AvgIpc) is 2.70. The van der Waals surface area contributed by atoms with E-state index in [1.54, 1.807) is 12.3 Å². The molecule has 2 aromatic rings. The van der Waals surface area contributed by atoms with Crippen molar-refractivity contribution in [1.82, 2.24) is 15.0 Å². The second kappa shape index (κ2) is 4.28. The first-order chi connectivity index (χ1) is 7.20. The van der Waals surface area contributed by atoms with Crippen molar-refractivity contribution < 1.29 is 4.39 Å². The molecule has 0 amide bonds. The number of hydrogen-bond acceptors (Lipinski definition) is 2. The van der Waals surface area contributed by atoms with Gasteiger partial charge in [-0.05, 0) is 28.1 Å². The van der Waals surface area contributed by atoms with Gasteiger partial charge in [0, 0.05) is 10.5 Å². The third kappa shape index (κ3) is 2.18. The Balaban J connectivity index is 2.48. The zero-order valence-corrected chi connectivity index (χ0v) is 9.83. The molecule has 0 aliphatic carbocycles. The van der Waals surface area contributed by atoms with Crippen LogP contribution in [0, 0.1) is 5.82 Å². The maximum atomic E-state index is 13.0. The number of benzene rings is 1. The molecule has 1 aromatic carbocycles. The molecule has 0 spiro atoms. The van der Waals surface area contributed by atoms with Gasteiger partial charge in [-0.2, -0.15) is 0 Å². The van der Waals surface area contributed by atoms with Gasteiger partial charge >= 0.3 is 0 Å². The van der Waals surface area contributed by atoms with Gasteiger partial charge in [-0.25, -0.2) is 9.07 Å². The molecule has 15 heavy (non-hydrogen) atoms. The monoisotopic (exact) mass is 289 g/mol. The number of hydrogen-bond donors (Lipinski definition) is 0. The molecule has 0 saturated carbocycles. The minimum absolute atomic E-state index is 0.285. The molecule has 3 nitrogen and oxygen atoms in total. The summed E-state index contributed by atoms with van der Waals surface area (Å²) in [6.07, 6.45) is 1.66. The molecule has 1 heterocycles. The Bertz CT molecular complexity index is 486. The van der Waals surface area contributed by atoms with Gasteiger partial charge < -0.3 is 0 Å². The summed E-state index contributed by atoms with van der Waals surface area (Å²) in [5.41, 5.74) is 1.24. The third-order valence-electron chi connectivity index (χ3n) is 1.83. The second-order valence-electron chi connectivity index (χ2n) is 2.88. The number of alkyl halides is 1. The smallest absolute Gasteiger partial charge is 0.125 e. The minimum atomic E-state index is -0.323. The average molecular weight is 291 g/mol. The lowest BCUT2D eigenvalue weighted by molar-refractivity contribution is 0.624. The van der Waals surface area contributed by atoms with E-state index in [4.69, 9.17) is 11.6 Å². The van der Waals surface area contributed by atoms with Crippen LogP contribution < -0.4 is 0 Å². The zero-order chi connectivity index (χ0) is 10.8. The topological polar surface area (TPSA) is 30.7 Å². The largest absolute Gasteiger partial charge is 0.219 e. The highest BCUT2D eigenvalue weighted by molar-refractivity contribution is 9.10. The third-order valence-corrected chi connectivity index (χ3v) is 2.78. The first-order valence-corrected chi connectivity index (χ1v) is 5.46. The molecule has 0 radical (unpaired) electrons. The van der Waals surface area contributed by atoms with Crippen molar-refractivity contribution in [3.8, 4) is 5.69 Å². The van der Waals surface area contributed by atoms with E-state index >= 15 is 0 Å². The van der Waals surface area contributed by atoms with Gasteiger partial charge in [0.05, 0.1) is 23.5 Å². The summed E-state index contributed by atoms with van der Waals surface area (Å²) < 4.78 is 15.2. The van der Waals surface area contributed by atoms with E-state index in [1.807, 2.05) is 0 Å². The van der Waals surface area contributed by atoms with Crippen LogP contribution in [0.25, 0.3) is 5.69 Å². The predicted octanol–water partition coefficient (Wildman–Crippen LogP) is 2.91. The van der Waals surface area contributed by atoms with Crippen molar-refractivity contribution in [3.05, 3.63) is 40.4 Å². The minimum Gasteiger partial charge on any atom is -0.219 e. The Labute approximate surface area is 99.0 Å². The molecule has 0 N–H and O–H groups in total. The van der Waals surface area contributed by atoms with Crippen molar-refractivity contribution in [3.63, 3.8) is 0 Å². The van der Waals surface area contributed by atoms with Gasteiger partial charge in [0.1, 0.15) is 5.82 Å². The summed E-state index contributed by atoms with van der Waals surface area (Å²) in [4.78, 5) is 0. The van der Waals surface area contributed by atoms with Gasteiger partial charge in [-0.15, -0.1) is 16.7 Å². The summed E-state index contributed by atoms with van der Waals surface area (Å²) in [5, 5.41) is 7.66. The summed E-state index contributed by atoms with van der Waals surface area (Å²) in [6.45, 7) is 0. The summed E-state index contributed by atoms with van der Waals surface area (Å²) in [5.74, 6) is -0.0384. The van der Waals surface area contributed by atoms with Crippen LogP contribution in [0.4, 0.5) is 4.39 Å². The van der Waals surface area contributed by atoms with Crippen molar-refractivity contribution in [2.75, 3.05) is 0 Å². The lowest BCUT2D eigenvalue weighted by atomic mass is 10.3. The Hall–Kier alpha value is -0.940. The molecule has 6 heteroatoms. The van der Waals surface area contributed by atoms with Crippen LogP contribution in [0.15, 0.2) is 28.9 Å². The molecule has 0 unspecified atom stereocenters. The van der Waals surface area contributed by atoms with E-state index in [2.05, 4.69) is 26.2 Å². The number of rotatable bonds is 2. The van der Waals surface area contributed by atoms with Crippen molar-refractivity contribution in [1.29, 1.82) is 0 Å². The van der Waals surface area contributed by atoms with Gasteiger partial charge in [0.25, 0.3) is 0 Å². The van der Waals surface area contributed by atoms with E-state index in [9.17, 15) is 4.39 Å². The van der Waals surface area contributed by atoms with Crippen LogP contribution in [0.3, 0.4) is 0 Å². The lowest BCUT2D eigenvalue weighted by Gasteiger charge is -2.02. The van der Waals surface area contributed by atoms with Gasteiger partial charge in [-0.1, -0.05) is 5.21 Å². The molecule has 78 valence electrons. The number of nitrogens with zero attached hydrogens (tertiary/aromatic N) is 3. The molecule has 0 aliphatic heterocycles. The fourth-order valence-corrected chi connectivity index (χ4v) is 1.69. The number of halogens is 3. The van der Waals surface area contributed by atoms with E-state index < -0.39 is 0 Å². The zero-order valence-electron chi connectivity index (χ0n) is 7.49. The Morgan fingerprint density at radius 3 is 2.93 bits per heavy atom. The van der Waals surface area contributed by atoms with Crippen molar-refractivity contribution in [2.24, 2.45) is 0 Å². The fourth-order valence-electron chi connectivity index (χ4n) is 1.14. The molecule has 0 aliphatic rings. The normalized spacial score (nSPS) is 10.6. The van der Waals surface area contributed by atoms with Gasteiger partial charge in [0.2, 0.25) is 0 Å². The molecular formula is C9H6BrClFN3. The SMILES string of the molecule is Fc1ccc(Br)c(-n2cc(CCl)nn2)c1. The maximum absolute atomic E-state index is 13.0. The fraction of sp³-hybridized carbons (Fsp3) is 0.111. The van der Waals surface area contributed by atoms with Crippen LogP contribution in [0.2, 0.25) is 0 Å². The molecule has 0 bridgehead atoms. The highest BCUT2D eigenvalue weighted by Crippen LogP contribution is 2.21. The summed E-state index contributed by atoms with van der Waals surface area (Å²) in [7, 11) is 0. The Kier molecular flexibility index (Phi) is 3.02.